The third kappa shape index (κ3) is 5.23. The molecule has 1 fully saturated rings. The van der Waals surface area contributed by atoms with E-state index in [1.165, 1.54) is 0 Å². The highest BCUT2D eigenvalue weighted by Crippen LogP contribution is 2.25. The van der Waals surface area contributed by atoms with Crippen molar-refractivity contribution in [3.8, 4) is 5.75 Å². The summed E-state index contributed by atoms with van der Waals surface area (Å²) < 4.78 is 22.1. The lowest BCUT2D eigenvalue weighted by Crippen LogP contribution is -2.34. The Morgan fingerprint density at radius 1 is 1.18 bits per heavy atom. The van der Waals surface area contributed by atoms with Crippen LogP contribution >= 0.6 is 0 Å². The van der Waals surface area contributed by atoms with E-state index in [9.17, 15) is 9.59 Å². The van der Waals surface area contributed by atoms with Crippen molar-refractivity contribution in [3.63, 3.8) is 0 Å². The van der Waals surface area contributed by atoms with Gasteiger partial charge >= 0.3 is 5.97 Å². The van der Waals surface area contributed by atoms with Crippen LogP contribution in [-0.4, -0.2) is 44.8 Å². The van der Waals surface area contributed by atoms with Gasteiger partial charge in [-0.2, -0.15) is 0 Å². The number of carbonyl (C=O) groups is 2. The largest absolute Gasteiger partial charge is 0.493 e. The summed E-state index contributed by atoms with van der Waals surface area (Å²) in [6, 6.07) is 13.8. The Morgan fingerprint density at radius 3 is 2.79 bits per heavy atom. The Bertz CT molecular complexity index is 1230. The maximum atomic E-state index is 13.1. The first-order valence-electron chi connectivity index (χ1n) is 10.9. The van der Waals surface area contributed by atoms with E-state index in [2.05, 4.69) is 10.3 Å². The summed E-state index contributed by atoms with van der Waals surface area (Å²) in [5, 5.41) is 3.62. The van der Waals surface area contributed by atoms with Crippen LogP contribution in [0.3, 0.4) is 0 Å². The average molecular weight is 450 g/mol. The van der Waals surface area contributed by atoms with Crippen molar-refractivity contribution in [2.45, 2.75) is 25.9 Å². The Hall–Kier alpha value is -3.65. The Morgan fingerprint density at radius 2 is 2.03 bits per heavy atom. The second-order valence-electron chi connectivity index (χ2n) is 7.57. The van der Waals surface area contributed by atoms with Crippen LogP contribution in [0.25, 0.3) is 11.0 Å². The molecule has 1 aromatic heterocycles. The minimum Gasteiger partial charge on any atom is -0.493 e. The molecule has 0 spiro atoms. The Balaban J connectivity index is 1.77. The molecule has 33 heavy (non-hydrogen) atoms. The Labute approximate surface area is 191 Å². The van der Waals surface area contributed by atoms with Crippen LogP contribution in [0.15, 0.2) is 57.9 Å². The van der Waals surface area contributed by atoms with E-state index in [0.29, 0.717) is 41.1 Å². The number of benzene rings is 2. The van der Waals surface area contributed by atoms with E-state index >= 15 is 0 Å². The van der Waals surface area contributed by atoms with Gasteiger partial charge in [0.15, 0.2) is 11.3 Å². The van der Waals surface area contributed by atoms with Crippen LogP contribution in [0.2, 0.25) is 0 Å². The van der Waals surface area contributed by atoms with Crippen molar-refractivity contribution in [2.75, 3.05) is 26.9 Å². The fourth-order valence-electron chi connectivity index (χ4n) is 3.67. The summed E-state index contributed by atoms with van der Waals surface area (Å²) in [6.45, 7) is 3.14. The molecule has 8 heteroatoms. The third-order valence-corrected chi connectivity index (χ3v) is 5.31. The van der Waals surface area contributed by atoms with Crippen LogP contribution < -0.4 is 15.6 Å². The number of nitrogens with zero attached hydrogens (tertiary/aromatic N) is 1. The van der Waals surface area contributed by atoms with Gasteiger partial charge in [0.25, 0.3) is 5.91 Å². The summed E-state index contributed by atoms with van der Waals surface area (Å²) in [5.41, 5.74) is 1.66. The van der Waals surface area contributed by atoms with E-state index in [4.69, 9.17) is 18.6 Å². The number of para-hydroxylation sites is 1. The molecule has 0 aliphatic carbocycles. The molecule has 0 saturated carbocycles. The van der Waals surface area contributed by atoms with Crippen molar-refractivity contribution < 1.29 is 28.2 Å². The lowest BCUT2D eigenvalue weighted by atomic mass is 10.1. The lowest BCUT2D eigenvalue weighted by molar-refractivity contribution is 0.0526. The number of methoxy groups -OCH3 is 1. The highest BCUT2D eigenvalue weighted by atomic mass is 16.5. The van der Waals surface area contributed by atoms with E-state index in [1.54, 1.807) is 50.4 Å². The van der Waals surface area contributed by atoms with Crippen molar-refractivity contribution in [1.82, 2.24) is 5.32 Å². The molecule has 0 unspecified atom stereocenters. The molecular weight excluding hydrogens is 424 g/mol. The molecule has 1 aliphatic rings. The predicted octanol–water partition coefficient (Wildman–Crippen LogP) is 3.76. The molecule has 1 aliphatic heterocycles. The molecule has 1 N–H and O–H groups in total. The van der Waals surface area contributed by atoms with Crippen molar-refractivity contribution in [2.24, 2.45) is 4.99 Å². The zero-order valence-corrected chi connectivity index (χ0v) is 18.6. The molecule has 1 atom stereocenters. The first-order valence-corrected chi connectivity index (χ1v) is 10.9. The molecule has 4 rings (SSSR count). The molecule has 1 saturated heterocycles. The summed E-state index contributed by atoms with van der Waals surface area (Å²) in [7, 11) is 1.55. The number of hydrogen-bond acceptors (Lipinski definition) is 7. The number of amides is 1. The minimum absolute atomic E-state index is 0.00749. The number of ether oxygens (including phenoxy) is 3. The van der Waals surface area contributed by atoms with E-state index in [-0.39, 0.29) is 29.7 Å². The number of esters is 1. The second-order valence-corrected chi connectivity index (χ2v) is 7.57. The zero-order chi connectivity index (χ0) is 23.2. The second kappa shape index (κ2) is 10.3. The number of fused-ring (bicyclic) bond motifs is 1. The molecule has 2 aromatic carbocycles. The number of hydrogen-bond donors (Lipinski definition) is 1. The summed E-state index contributed by atoms with van der Waals surface area (Å²) in [6.07, 6.45) is 1.91. The third-order valence-electron chi connectivity index (χ3n) is 5.31. The van der Waals surface area contributed by atoms with Gasteiger partial charge in [0, 0.05) is 18.5 Å². The highest BCUT2D eigenvalue weighted by molar-refractivity contribution is 5.97. The van der Waals surface area contributed by atoms with Gasteiger partial charge < -0.3 is 23.9 Å². The van der Waals surface area contributed by atoms with Gasteiger partial charge in [-0.25, -0.2) is 9.79 Å². The summed E-state index contributed by atoms with van der Waals surface area (Å²) in [5.74, 6) is -0.240. The number of nitrogens with one attached hydrogen (secondary N) is 1. The van der Waals surface area contributed by atoms with Gasteiger partial charge in [0.05, 0.1) is 31.1 Å². The molecule has 0 radical (unpaired) electrons. The average Bonchev–Trinajstić information content (AvgIpc) is 3.36. The molecule has 1 amide bonds. The maximum Gasteiger partial charge on any atom is 0.338 e. The topological polar surface area (TPSA) is 99.4 Å². The van der Waals surface area contributed by atoms with Crippen LogP contribution in [0.5, 0.6) is 5.75 Å². The van der Waals surface area contributed by atoms with Gasteiger partial charge in [-0.15, -0.1) is 0 Å². The fraction of sp³-hybridized carbons (Fsp3) is 0.320. The van der Waals surface area contributed by atoms with E-state index in [1.807, 2.05) is 12.1 Å². The van der Waals surface area contributed by atoms with Gasteiger partial charge in [-0.05, 0) is 50.1 Å². The van der Waals surface area contributed by atoms with E-state index in [0.717, 1.165) is 12.8 Å². The summed E-state index contributed by atoms with van der Waals surface area (Å²) in [4.78, 5) is 29.7. The fourth-order valence-corrected chi connectivity index (χ4v) is 3.67. The molecule has 8 nitrogen and oxygen atoms in total. The van der Waals surface area contributed by atoms with Gasteiger partial charge in [-0.1, -0.05) is 18.2 Å². The van der Waals surface area contributed by atoms with Crippen molar-refractivity contribution in [3.05, 3.63) is 65.2 Å². The predicted molar refractivity (Wildman–Crippen MR) is 122 cm³/mol. The number of rotatable bonds is 7. The normalized spacial score (nSPS) is 16.1. The molecule has 0 bridgehead atoms. The molecule has 172 valence electrons. The van der Waals surface area contributed by atoms with Gasteiger partial charge in [-0.3, -0.25) is 4.79 Å². The van der Waals surface area contributed by atoms with E-state index < -0.39 is 5.97 Å². The smallest absolute Gasteiger partial charge is 0.338 e. The standard InChI is InChI=1S/C25H26N2O6/c1-3-31-25(29)17-8-4-9-18(13-17)27-24-20(23(28)26-15-19-10-6-12-32-19)14-16-7-5-11-21(30-2)22(16)33-24/h4-5,7-9,11,13-14,19H,3,6,10,12,15H2,1-2H3,(H,26,28)/t19-/m0/s1. The number of carbonyl (C=O) groups excluding carboxylic acids is 2. The summed E-state index contributed by atoms with van der Waals surface area (Å²) >= 11 is 0. The quantitative estimate of drug-likeness (QED) is 0.550. The first-order chi connectivity index (χ1) is 16.1. The van der Waals surface area contributed by atoms with Crippen LogP contribution in [0.4, 0.5) is 5.69 Å². The van der Waals surface area contributed by atoms with Crippen molar-refractivity contribution in [1.29, 1.82) is 0 Å². The first kappa shape index (κ1) is 22.5. The molecular formula is C25H26N2O6. The van der Waals surface area contributed by atoms with Crippen LogP contribution in [0.1, 0.15) is 40.5 Å². The lowest BCUT2D eigenvalue weighted by Gasteiger charge is -2.12. The molecule has 2 heterocycles. The Kier molecular flexibility index (Phi) is 7.04. The zero-order valence-electron chi connectivity index (χ0n) is 18.6. The van der Waals surface area contributed by atoms with Gasteiger partial charge in [0.1, 0.15) is 5.56 Å². The monoisotopic (exact) mass is 450 g/mol. The van der Waals surface area contributed by atoms with Crippen LogP contribution in [-0.2, 0) is 9.47 Å². The SMILES string of the molecule is CCOC(=O)c1cccc(N=c2oc3c(OC)cccc3cc2C(=O)NC[C@@H]2CCCO2)c1. The maximum absolute atomic E-state index is 13.1. The van der Waals surface area contributed by atoms with Crippen LogP contribution in [0, 0.1) is 0 Å². The highest BCUT2D eigenvalue weighted by Gasteiger charge is 2.19. The van der Waals surface area contributed by atoms with Gasteiger partial charge in [0.2, 0.25) is 5.55 Å². The minimum atomic E-state index is -0.443. The van der Waals surface area contributed by atoms with Crippen molar-refractivity contribution >= 4 is 28.5 Å². The molecule has 3 aromatic rings.